The van der Waals surface area contributed by atoms with E-state index in [-0.39, 0.29) is 36.1 Å². The van der Waals surface area contributed by atoms with Crippen LogP contribution >= 0.6 is 0 Å². The van der Waals surface area contributed by atoms with Gasteiger partial charge in [-0.05, 0) is 19.8 Å². The Morgan fingerprint density at radius 2 is 1.82 bits per heavy atom. The number of rotatable bonds is 5. The van der Waals surface area contributed by atoms with Crippen LogP contribution in [0.4, 0.5) is 0 Å². The molecule has 4 rings (SSSR count). The highest BCUT2D eigenvalue weighted by atomic mass is 16.6. The second-order valence-electron chi connectivity index (χ2n) is 7.21. The number of nitrogens with zero attached hydrogens (tertiary/aromatic N) is 3. The fourth-order valence-corrected chi connectivity index (χ4v) is 3.95. The third-order valence-corrected chi connectivity index (χ3v) is 5.44. The third kappa shape index (κ3) is 3.30. The molecule has 1 saturated heterocycles. The lowest BCUT2D eigenvalue weighted by Gasteiger charge is -2.21. The quantitative estimate of drug-likeness (QED) is 0.577. The van der Waals surface area contributed by atoms with Gasteiger partial charge in [-0.15, -0.1) is 0 Å². The number of aromatic nitrogens is 2. The third-order valence-electron chi connectivity index (χ3n) is 5.44. The topological polar surface area (TPSA) is 103 Å². The van der Waals surface area contributed by atoms with Gasteiger partial charge in [-0.1, -0.05) is 48.3 Å². The number of likely N-dealkylation sites (tertiary alicyclic amines) is 1. The molecule has 2 fully saturated rings. The standard InChI is InChI=1S/C20H21N3O5/c1-12(23-18(24)14-9-5-6-10-15(14)19(23)25)20(26)27-11-16-21-17(22-28-16)13-7-3-2-4-8-13/h2-4,7-8,12,14-15H,5-6,9-11H2,1H3/t12-,14-,15-/m1/s1. The van der Waals surface area contributed by atoms with Gasteiger partial charge in [0.1, 0.15) is 6.04 Å². The van der Waals surface area contributed by atoms with Gasteiger partial charge < -0.3 is 9.26 Å². The summed E-state index contributed by atoms with van der Waals surface area (Å²) in [6, 6.07) is 8.30. The molecule has 1 saturated carbocycles. The SMILES string of the molecule is C[C@H](C(=O)OCc1nc(-c2ccccc2)no1)N1C(=O)[C@@H]2CCCC[C@H]2C1=O. The molecular weight excluding hydrogens is 362 g/mol. The van der Waals surface area contributed by atoms with Crippen LogP contribution in [0.1, 0.15) is 38.5 Å². The average Bonchev–Trinajstić information content (AvgIpc) is 3.30. The molecule has 1 aliphatic heterocycles. The van der Waals surface area contributed by atoms with Crippen molar-refractivity contribution in [2.24, 2.45) is 11.8 Å². The van der Waals surface area contributed by atoms with E-state index in [1.807, 2.05) is 30.3 Å². The zero-order valence-corrected chi connectivity index (χ0v) is 15.5. The minimum absolute atomic E-state index is 0.146. The molecule has 0 spiro atoms. The summed E-state index contributed by atoms with van der Waals surface area (Å²) in [6.07, 6.45) is 3.29. The Labute approximate surface area is 161 Å². The van der Waals surface area contributed by atoms with Gasteiger partial charge in [0.15, 0.2) is 6.61 Å². The highest BCUT2D eigenvalue weighted by Crippen LogP contribution is 2.38. The molecule has 2 amide bonds. The Kier molecular flexibility index (Phi) is 4.93. The molecule has 2 heterocycles. The van der Waals surface area contributed by atoms with E-state index >= 15 is 0 Å². The fraction of sp³-hybridized carbons (Fsp3) is 0.450. The minimum atomic E-state index is -0.970. The van der Waals surface area contributed by atoms with E-state index in [2.05, 4.69) is 10.1 Å². The van der Waals surface area contributed by atoms with E-state index in [1.165, 1.54) is 6.92 Å². The lowest BCUT2D eigenvalue weighted by Crippen LogP contribution is -2.44. The lowest BCUT2D eigenvalue weighted by atomic mass is 9.81. The van der Waals surface area contributed by atoms with Gasteiger partial charge in [0.05, 0.1) is 11.8 Å². The molecule has 8 heteroatoms. The van der Waals surface area contributed by atoms with Crippen molar-refractivity contribution in [3.05, 3.63) is 36.2 Å². The van der Waals surface area contributed by atoms with Crippen molar-refractivity contribution in [3.63, 3.8) is 0 Å². The first-order valence-electron chi connectivity index (χ1n) is 9.48. The van der Waals surface area contributed by atoms with E-state index in [0.29, 0.717) is 18.7 Å². The van der Waals surface area contributed by atoms with Crippen LogP contribution in [0.3, 0.4) is 0 Å². The maximum atomic E-state index is 12.6. The predicted octanol–water partition coefficient (Wildman–Crippen LogP) is 2.34. The van der Waals surface area contributed by atoms with Crippen LogP contribution in [-0.2, 0) is 25.7 Å². The van der Waals surface area contributed by atoms with Crippen LogP contribution in [0.5, 0.6) is 0 Å². The molecule has 3 atom stereocenters. The van der Waals surface area contributed by atoms with Crippen molar-refractivity contribution in [1.82, 2.24) is 15.0 Å². The molecular formula is C20H21N3O5. The zero-order chi connectivity index (χ0) is 19.7. The molecule has 8 nitrogen and oxygen atoms in total. The van der Waals surface area contributed by atoms with Gasteiger partial charge in [0.2, 0.25) is 17.6 Å². The van der Waals surface area contributed by atoms with E-state index in [9.17, 15) is 14.4 Å². The predicted molar refractivity (Wildman–Crippen MR) is 96.3 cm³/mol. The Bertz CT molecular complexity index is 870. The van der Waals surface area contributed by atoms with Crippen LogP contribution in [0.25, 0.3) is 11.4 Å². The highest BCUT2D eigenvalue weighted by molar-refractivity contribution is 6.07. The summed E-state index contributed by atoms with van der Waals surface area (Å²) in [5.41, 5.74) is 0.785. The van der Waals surface area contributed by atoms with Gasteiger partial charge in [-0.2, -0.15) is 4.98 Å². The number of esters is 1. The highest BCUT2D eigenvalue weighted by Gasteiger charge is 2.51. The van der Waals surface area contributed by atoms with Crippen molar-refractivity contribution < 1.29 is 23.6 Å². The molecule has 0 N–H and O–H groups in total. The minimum Gasteiger partial charge on any atom is -0.454 e. The normalized spacial score (nSPS) is 22.8. The van der Waals surface area contributed by atoms with Gasteiger partial charge in [0, 0.05) is 5.56 Å². The van der Waals surface area contributed by atoms with Crippen LogP contribution in [-0.4, -0.2) is 38.9 Å². The fourth-order valence-electron chi connectivity index (χ4n) is 3.95. The molecule has 2 aromatic rings. The van der Waals surface area contributed by atoms with Crippen molar-refractivity contribution in [2.45, 2.75) is 45.3 Å². The maximum absolute atomic E-state index is 12.6. The molecule has 1 aliphatic carbocycles. The smallest absolute Gasteiger partial charge is 0.329 e. The largest absolute Gasteiger partial charge is 0.454 e. The van der Waals surface area contributed by atoms with Crippen molar-refractivity contribution >= 4 is 17.8 Å². The second-order valence-corrected chi connectivity index (χ2v) is 7.21. The first-order valence-corrected chi connectivity index (χ1v) is 9.48. The maximum Gasteiger partial charge on any atom is 0.329 e. The molecule has 1 aromatic carbocycles. The molecule has 28 heavy (non-hydrogen) atoms. The summed E-state index contributed by atoms with van der Waals surface area (Å²) in [4.78, 5) is 42.9. The van der Waals surface area contributed by atoms with Crippen LogP contribution in [0.2, 0.25) is 0 Å². The number of carbonyl (C=O) groups is 3. The van der Waals surface area contributed by atoms with Gasteiger partial charge in [0.25, 0.3) is 5.89 Å². The number of benzene rings is 1. The van der Waals surface area contributed by atoms with E-state index in [0.717, 1.165) is 23.3 Å². The van der Waals surface area contributed by atoms with E-state index in [1.54, 1.807) is 0 Å². The molecule has 1 aromatic heterocycles. The zero-order valence-electron chi connectivity index (χ0n) is 15.5. The van der Waals surface area contributed by atoms with Crippen molar-refractivity contribution in [1.29, 1.82) is 0 Å². The molecule has 2 aliphatic rings. The number of fused-ring (bicyclic) bond motifs is 1. The van der Waals surface area contributed by atoms with Crippen LogP contribution < -0.4 is 0 Å². The van der Waals surface area contributed by atoms with Crippen LogP contribution in [0, 0.1) is 11.8 Å². The Balaban J connectivity index is 1.38. The Morgan fingerprint density at radius 3 is 2.46 bits per heavy atom. The first kappa shape index (κ1) is 18.3. The summed E-state index contributed by atoms with van der Waals surface area (Å²) in [5, 5.41) is 3.86. The first-order chi connectivity index (χ1) is 13.6. The summed E-state index contributed by atoms with van der Waals surface area (Å²) in [6.45, 7) is 1.30. The summed E-state index contributed by atoms with van der Waals surface area (Å²) < 4.78 is 10.3. The lowest BCUT2D eigenvalue weighted by molar-refractivity contribution is -0.159. The summed E-state index contributed by atoms with van der Waals surface area (Å²) in [5.74, 6) is -1.23. The number of amides is 2. The molecule has 0 bridgehead atoms. The molecule has 0 radical (unpaired) electrons. The van der Waals surface area contributed by atoms with E-state index in [4.69, 9.17) is 9.26 Å². The monoisotopic (exact) mass is 383 g/mol. The van der Waals surface area contributed by atoms with Crippen molar-refractivity contribution in [2.75, 3.05) is 0 Å². The average molecular weight is 383 g/mol. The Hall–Kier alpha value is -3.03. The summed E-state index contributed by atoms with van der Waals surface area (Å²) >= 11 is 0. The van der Waals surface area contributed by atoms with Crippen molar-refractivity contribution in [3.8, 4) is 11.4 Å². The number of hydrogen-bond acceptors (Lipinski definition) is 7. The van der Waals surface area contributed by atoms with Gasteiger partial charge in [-0.3, -0.25) is 14.5 Å². The van der Waals surface area contributed by atoms with Gasteiger partial charge in [-0.25, -0.2) is 4.79 Å². The summed E-state index contributed by atoms with van der Waals surface area (Å²) in [7, 11) is 0. The molecule has 146 valence electrons. The van der Waals surface area contributed by atoms with E-state index < -0.39 is 12.0 Å². The second kappa shape index (κ2) is 7.53. The Morgan fingerprint density at radius 1 is 1.18 bits per heavy atom. The number of hydrogen-bond donors (Lipinski definition) is 0. The number of imide groups is 1. The molecule has 0 unspecified atom stereocenters. The number of ether oxygens (including phenoxy) is 1. The van der Waals surface area contributed by atoms with Gasteiger partial charge >= 0.3 is 5.97 Å². The number of carbonyl (C=O) groups excluding carboxylic acids is 3. The van der Waals surface area contributed by atoms with Crippen LogP contribution in [0.15, 0.2) is 34.9 Å².